The molecule has 1 aromatic heterocycles. The lowest BCUT2D eigenvalue weighted by atomic mass is 9.93. The minimum Gasteiger partial charge on any atom is -0.324 e. The Morgan fingerprint density at radius 2 is 2.16 bits per heavy atom. The van der Waals surface area contributed by atoms with Crippen molar-refractivity contribution in [3.05, 3.63) is 58.1 Å². The predicted octanol–water partition coefficient (Wildman–Crippen LogP) is 3.06. The molecule has 0 saturated heterocycles. The highest BCUT2D eigenvalue weighted by atomic mass is 35.5. The van der Waals surface area contributed by atoms with Gasteiger partial charge in [0.1, 0.15) is 5.82 Å². The zero-order chi connectivity index (χ0) is 13.2. The zero-order valence-electron chi connectivity index (χ0n) is 10.6. The third-order valence-electron chi connectivity index (χ3n) is 3.58. The lowest BCUT2D eigenvalue weighted by Gasteiger charge is -2.21. The average molecular weight is 274 g/mol. The molecule has 1 aliphatic rings. The van der Waals surface area contributed by atoms with Gasteiger partial charge in [-0.25, -0.2) is 9.97 Å². The quantitative estimate of drug-likeness (QED) is 0.915. The number of nitrogens with zero attached hydrogens (tertiary/aromatic N) is 2. The summed E-state index contributed by atoms with van der Waals surface area (Å²) in [6, 6.07) is 7.91. The van der Waals surface area contributed by atoms with Crippen molar-refractivity contribution in [1.29, 1.82) is 0 Å². The Kier molecular flexibility index (Phi) is 3.49. The van der Waals surface area contributed by atoms with Crippen LogP contribution in [0.25, 0.3) is 0 Å². The SMILES string of the molecule is NC1CCCc2nc(Cc3ccccc3Cl)ncc21. The van der Waals surface area contributed by atoms with E-state index in [1.54, 1.807) is 0 Å². The van der Waals surface area contributed by atoms with Gasteiger partial charge in [0.15, 0.2) is 0 Å². The van der Waals surface area contributed by atoms with Gasteiger partial charge in [-0.3, -0.25) is 0 Å². The largest absolute Gasteiger partial charge is 0.324 e. The van der Waals surface area contributed by atoms with Crippen LogP contribution in [-0.2, 0) is 12.8 Å². The normalized spacial score (nSPS) is 18.1. The maximum atomic E-state index is 6.17. The van der Waals surface area contributed by atoms with Crippen molar-refractivity contribution in [2.75, 3.05) is 0 Å². The van der Waals surface area contributed by atoms with Gasteiger partial charge in [0.05, 0.1) is 0 Å². The van der Waals surface area contributed by atoms with Crippen molar-refractivity contribution in [3.63, 3.8) is 0 Å². The maximum Gasteiger partial charge on any atom is 0.132 e. The highest BCUT2D eigenvalue weighted by Gasteiger charge is 2.19. The molecule has 0 saturated carbocycles. The van der Waals surface area contributed by atoms with Crippen LogP contribution in [0, 0.1) is 0 Å². The van der Waals surface area contributed by atoms with Crippen LogP contribution in [0.4, 0.5) is 0 Å². The van der Waals surface area contributed by atoms with E-state index in [4.69, 9.17) is 17.3 Å². The molecule has 1 aromatic carbocycles. The standard InChI is InChI=1S/C15H16ClN3/c16-12-5-2-1-4-10(12)8-15-18-9-11-13(17)6-3-7-14(11)19-15/h1-2,4-5,9,13H,3,6-8,17H2. The van der Waals surface area contributed by atoms with Gasteiger partial charge in [0.25, 0.3) is 0 Å². The van der Waals surface area contributed by atoms with E-state index in [0.717, 1.165) is 46.9 Å². The Balaban J connectivity index is 1.89. The number of halogens is 1. The van der Waals surface area contributed by atoms with Crippen molar-refractivity contribution in [1.82, 2.24) is 9.97 Å². The molecule has 0 bridgehead atoms. The molecule has 3 nitrogen and oxygen atoms in total. The van der Waals surface area contributed by atoms with Crippen molar-refractivity contribution in [3.8, 4) is 0 Å². The lowest BCUT2D eigenvalue weighted by molar-refractivity contribution is 0.553. The highest BCUT2D eigenvalue weighted by molar-refractivity contribution is 6.31. The van der Waals surface area contributed by atoms with Gasteiger partial charge < -0.3 is 5.73 Å². The topological polar surface area (TPSA) is 51.8 Å². The Labute approximate surface area is 117 Å². The van der Waals surface area contributed by atoms with E-state index in [9.17, 15) is 0 Å². The summed E-state index contributed by atoms with van der Waals surface area (Å²) in [4.78, 5) is 9.08. The molecule has 0 spiro atoms. The van der Waals surface area contributed by atoms with E-state index in [1.807, 2.05) is 30.5 Å². The molecule has 0 fully saturated rings. The van der Waals surface area contributed by atoms with Gasteiger partial charge >= 0.3 is 0 Å². The van der Waals surface area contributed by atoms with Crippen LogP contribution in [0.2, 0.25) is 5.02 Å². The van der Waals surface area contributed by atoms with Crippen molar-refractivity contribution in [2.24, 2.45) is 5.73 Å². The second-order valence-electron chi connectivity index (χ2n) is 4.96. The average Bonchev–Trinajstić information content (AvgIpc) is 2.42. The summed E-state index contributed by atoms with van der Waals surface area (Å²) in [5.74, 6) is 0.820. The van der Waals surface area contributed by atoms with E-state index in [2.05, 4.69) is 9.97 Å². The van der Waals surface area contributed by atoms with Gasteiger partial charge in [-0.1, -0.05) is 29.8 Å². The summed E-state index contributed by atoms with van der Waals surface area (Å²) in [7, 11) is 0. The predicted molar refractivity (Wildman–Crippen MR) is 76.2 cm³/mol. The van der Waals surface area contributed by atoms with E-state index in [-0.39, 0.29) is 6.04 Å². The van der Waals surface area contributed by atoms with E-state index in [1.165, 1.54) is 0 Å². The van der Waals surface area contributed by atoms with Gasteiger partial charge in [-0.15, -0.1) is 0 Å². The Morgan fingerprint density at radius 1 is 1.32 bits per heavy atom. The monoisotopic (exact) mass is 273 g/mol. The third-order valence-corrected chi connectivity index (χ3v) is 3.95. The van der Waals surface area contributed by atoms with Crippen LogP contribution in [0.15, 0.2) is 30.5 Å². The van der Waals surface area contributed by atoms with Gasteiger partial charge in [-0.2, -0.15) is 0 Å². The Bertz CT molecular complexity index is 598. The highest BCUT2D eigenvalue weighted by Crippen LogP contribution is 2.26. The summed E-state index contributed by atoms with van der Waals surface area (Å²) in [5, 5.41) is 0.764. The molecule has 4 heteroatoms. The minimum absolute atomic E-state index is 0.0955. The fourth-order valence-corrected chi connectivity index (χ4v) is 2.72. The molecule has 0 radical (unpaired) electrons. The molecular formula is C15H16ClN3. The fourth-order valence-electron chi connectivity index (χ4n) is 2.52. The van der Waals surface area contributed by atoms with Gasteiger partial charge in [0, 0.05) is 34.9 Å². The molecule has 19 heavy (non-hydrogen) atoms. The van der Waals surface area contributed by atoms with Crippen LogP contribution in [-0.4, -0.2) is 9.97 Å². The van der Waals surface area contributed by atoms with Crippen molar-refractivity contribution < 1.29 is 0 Å². The van der Waals surface area contributed by atoms with Crippen LogP contribution < -0.4 is 5.73 Å². The smallest absolute Gasteiger partial charge is 0.132 e. The number of nitrogens with two attached hydrogens (primary N) is 1. The summed E-state index contributed by atoms with van der Waals surface area (Å²) >= 11 is 6.17. The van der Waals surface area contributed by atoms with E-state index < -0.39 is 0 Å². The second-order valence-corrected chi connectivity index (χ2v) is 5.36. The van der Waals surface area contributed by atoms with Crippen LogP contribution >= 0.6 is 11.6 Å². The first-order valence-electron chi connectivity index (χ1n) is 6.57. The molecule has 1 heterocycles. The molecule has 0 aliphatic heterocycles. The second kappa shape index (κ2) is 5.27. The van der Waals surface area contributed by atoms with E-state index >= 15 is 0 Å². The first kappa shape index (κ1) is 12.6. The van der Waals surface area contributed by atoms with Crippen molar-refractivity contribution in [2.45, 2.75) is 31.7 Å². The molecule has 1 atom stereocenters. The summed E-state index contributed by atoms with van der Waals surface area (Å²) in [5.41, 5.74) is 9.34. The first-order chi connectivity index (χ1) is 9.24. The minimum atomic E-state index is 0.0955. The van der Waals surface area contributed by atoms with Gasteiger partial charge in [0.2, 0.25) is 0 Å². The molecule has 3 rings (SSSR count). The Hall–Kier alpha value is -1.45. The maximum absolute atomic E-state index is 6.17. The third kappa shape index (κ3) is 2.62. The Morgan fingerprint density at radius 3 is 3.00 bits per heavy atom. The molecule has 98 valence electrons. The van der Waals surface area contributed by atoms with Crippen LogP contribution in [0.5, 0.6) is 0 Å². The molecular weight excluding hydrogens is 258 g/mol. The number of aromatic nitrogens is 2. The number of benzene rings is 1. The number of hydrogen-bond acceptors (Lipinski definition) is 3. The number of fused-ring (bicyclic) bond motifs is 1. The number of hydrogen-bond donors (Lipinski definition) is 1. The van der Waals surface area contributed by atoms with Gasteiger partial charge in [-0.05, 0) is 30.9 Å². The summed E-state index contributed by atoms with van der Waals surface area (Å²) in [6.07, 6.45) is 5.69. The molecule has 2 aromatic rings. The number of aryl methyl sites for hydroxylation is 1. The molecule has 1 aliphatic carbocycles. The zero-order valence-corrected chi connectivity index (χ0v) is 11.4. The molecule has 0 amide bonds. The van der Waals surface area contributed by atoms with Crippen molar-refractivity contribution >= 4 is 11.6 Å². The lowest BCUT2D eigenvalue weighted by Crippen LogP contribution is -2.19. The molecule has 2 N–H and O–H groups in total. The van der Waals surface area contributed by atoms with E-state index in [0.29, 0.717) is 6.42 Å². The molecule has 1 unspecified atom stereocenters. The van der Waals surface area contributed by atoms with Crippen LogP contribution in [0.3, 0.4) is 0 Å². The first-order valence-corrected chi connectivity index (χ1v) is 6.95. The number of rotatable bonds is 2. The fraction of sp³-hybridized carbons (Fsp3) is 0.333. The summed E-state index contributed by atoms with van der Waals surface area (Å²) < 4.78 is 0. The summed E-state index contributed by atoms with van der Waals surface area (Å²) in [6.45, 7) is 0. The van der Waals surface area contributed by atoms with Crippen LogP contribution in [0.1, 0.15) is 41.5 Å².